The number of benzene rings is 1. The number of aromatic nitrogens is 1. The van der Waals surface area contributed by atoms with E-state index >= 15 is 0 Å². The molecule has 92 valence electrons. The lowest BCUT2D eigenvalue weighted by molar-refractivity contribution is -0.136. The summed E-state index contributed by atoms with van der Waals surface area (Å²) in [5.41, 5.74) is 4.09. The van der Waals surface area contributed by atoms with E-state index in [-0.39, 0.29) is 6.42 Å². The summed E-state index contributed by atoms with van der Waals surface area (Å²) in [6, 6.07) is 5.85. The highest BCUT2D eigenvalue weighted by Crippen LogP contribution is 2.27. The monoisotopic (exact) mass is 241 g/mol. The fourth-order valence-corrected chi connectivity index (χ4v) is 2.29. The average molecular weight is 241 g/mol. The Labute approximate surface area is 106 Å². The number of carboxylic acids is 1. The number of terminal acetylenes is 1. The van der Waals surface area contributed by atoms with Gasteiger partial charge in [-0.05, 0) is 37.1 Å². The number of aliphatic carboxylic acids is 1. The standard InChI is InChI=1S/C15H15NO2/c1-4-11-5-7-14-13(9-11)12(6-8-15(17)18)10(2)16(14)3/h1,5,7,9H,6,8H2,2-3H3,(H,17,18). The molecule has 0 aliphatic heterocycles. The first-order valence-corrected chi connectivity index (χ1v) is 5.81. The molecule has 1 aromatic heterocycles. The van der Waals surface area contributed by atoms with Gasteiger partial charge in [0.15, 0.2) is 0 Å². The van der Waals surface area contributed by atoms with Gasteiger partial charge in [0.1, 0.15) is 0 Å². The minimum Gasteiger partial charge on any atom is -0.481 e. The summed E-state index contributed by atoms with van der Waals surface area (Å²) in [6.07, 6.45) is 6.08. The fourth-order valence-electron chi connectivity index (χ4n) is 2.29. The number of carboxylic acid groups (broad SMARTS) is 1. The van der Waals surface area contributed by atoms with Gasteiger partial charge in [0.05, 0.1) is 0 Å². The van der Waals surface area contributed by atoms with Gasteiger partial charge in [0, 0.05) is 35.6 Å². The van der Waals surface area contributed by atoms with Crippen molar-refractivity contribution in [2.45, 2.75) is 19.8 Å². The summed E-state index contributed by atoms with van der Waals surface area (Å²) in [4.78, 5) is 10.7. The van der Waals surface area contributed by atoms with E-state index in [0.29, 0.717) is 6.42 Å². The number of hydrogen-bond donors (Lipinski definition) is 1. The Kier molecular flexibility index (Phi) is 3.12. The summed E-state index contributed by atoms with van der Waals surface area (Å²) in [6.45, 7) is 2.01. The Morgan fingerprint density at radius 1 is 1.50 bits per heavy atom. The van der Waals surface area contributed by atoms with Crippen LogP contribution in [0, 0.1) is 19.3 Å². The van der Waals surface area contributed by atoms with E-state index in [4.69, 9.17) is 11.5 Å². The predicted molar refractivity (Wildman–Crippen MR) is 71.5 cm³/mol. The molecular weight excluding hydrogens is 226 g/mol. The lowest BCUT2D eigenvalue weighted by Crippen LogP contribution is -1.99. The fraction of sp³-hybridized carbons (Fsp3) is 0.267. The second kappa shape index (κ2) is 4.58. The van der Waals surface area contributed by atoms with Crippen LogP contribution in [0.3, 0.4) is 0 Å². The molecule has 0 amide bonds. The van der Waals surface area contributed by atoms with Crippen LogP contribution in [0.1, 0.15) is 23.2 Å². The summed E-state index contributed by atoms with van der Waals surface area (Å²) in [5.74, 6) is 1.84. The van der Waals surface area contributed by atoms with Gasteiger partial charge in [-0.2, -0.15) is 0 Å². The largest absolute Gasteiger partial charge is 0.481 e. The van der Waals surface area contributed by atoms with Crippen LogP contribution in [0.15, 0.2) is 18.2 Å². The van der Waals surface area contributed by atoms with Crippen LogP contribution in [0.25, 0.3) is 10.9 Å². The number of rotatable bonds is 3. The number of carbonyl (C=O) groups is 1. The van der Waals surface area contributed by atoms with Crippen molar-refractivity contribution >= 4 is 16.9 Å². The molecule has 0 radical (unpaired) electrons. The second-order valence-corrected chi connectivity index (χ2v) is 4.39. The van der Waals surface area contributed by atoms with Crippen LogP contribution in [-0.4, -0.2) is 15.6 Å². The normalized spacial score (nSPS) is 10.5. The Morgan fingerprint density at radius 3 is 2.83 bits per heavy atom. The quantitative estimate of drug-likeness (QED) is 0.839. The first-order chi connectivity index (χ1) is 8.54. The van der Waals surface area contributed by atoms with Gasteiger partial charge in [-0.1, -0.05) is 5.92 Å². The van der Waals surface area contributed by atoms with Gasteiger partial charge >= 0.3 is 5.97 Å². The molecule has 0 atom stereocenters. The summed E-state index contributed by atoms with van der Waals surface area (Å²) in [5, 5.41) is 9.87. The zero-order valence-electron chi connectivity index (χ0n) is 10.5. The van der Waals surface area contributed by atoms with Crippen molar-refractivity contribution in [1.82, 2.24) is 4.57 Å². The Morgan fingerprint density at radius 2 is 2.22 bits per heavy atom. The van der Waals surface area contributed by atoms with E-state index < -0.39 is 5.97 Å². The van der Waals surface area contributed by atoms with Crippen molar-refractivity contribution in [2.75, 3.05) is 0 Å². The molecule has 0 saturated carbocycles. The highest BCUT2D eigenvalue weighted by atomic mass is 16.4. The summed E-state index contributed by atoms with van der Waals surface area (Å²) < 4.78 is 2.08. The van der Waals surface area contributed by atoms with E-state index in [1.54, 1.807) is 0 Å². The average Bonchev–Trinajstić information content (AvgIpc) is 2.59. The van der Waals surface area contributed by atoms with Crippen LogP contribution in [0.4, 0.5) is 0 Å². The molecule has 1 heterocycles. The van der Waals surface area contributed by atoms with Crippen LogP contribution >= 0.6 is 0 Å². The lowest BCUT2D eigenvalue weighted by atomic mass is 10.0. The van der Waals surface area contributed by atoms with E-state index in [9.17, 15) is 4.79 Å². The maximum Gasteiger partial charge on any atom is 0.303 e. The van der Waals surface area contributed by atoms with E-state index in [1.165, 1.54) is 0 Å². The smallest absolute Gasteiger partial charge is 0.303 e. The lowest BCUT2D eigenvalue weighted by Gasteiger charge is -2.00. The third kappa shape index (κ3) is 1.98. The number of nitrogens with zero attached hydrogens (tertiary/aromatic N) is 1. The minimum atomic E-state index is -0.778. The van der Waals surface area contributed by atoms with Gasteiger partial charge in [0.2, 0.25) is 0 Å². The van der Waals surface area contributed by atoms with Crippen LogP contribution in [-0.2, 0) is 18.3 Å². The molecule has 0 spiro atoms. The maximum absolute atomic E-state index is 10.7. The molecule has 3 nitrogen and oxygen atoms in total. The van der Waals surface area contributed by atoms with Crippen LogP contribution < -0.4 is 0 Å². The molecule has 2 rings (SSSR count). The molecule has 0 fully saturated rings. The van der Waals surface area contributed by atoms with Gasteiger partial charge in [-0.25, -0.2) is 0 Å². The number of hydrogen-bond acceptors (Lipinski definition) is 1. The first kappa shape index (κ1) is 12.3. The zero-order valence-corrected chi connectivity index (χ0v) is 10.5. The third-order valence-corrected chi connectivity index (χ3v) is 3.38. The van der Waals surface area contributed by atoms with Gasteiger partial charge < -0.3 is 9.67 Å². The second-order valence-electron chi connectivity index (χ2n) is 4.39. The van der Waals surface area contributed by atoms with Gasteiger partial charge in [-0.15, -0.1) is 6.42 Å². The van der Waals surface area contributed by atoms with Crippen molar-refractivity contribution in [1.29, 1.82) is 0 Å². The Bertz CT molecular complexity index is 659. The SMILES string of the molecule is C#Cc1ccc2c(c1)c(CCC(=O)O)c(C)n2C. The molecule has 1 aromatic carbocycles. The van der Waals surface area contributed by atoms with Crippen molar-refractivity contribution in [3.63, 3.8) is 0 Å². The van der Waals surface area contributed by atoms with Gasteiger partial charge in [0.25, 0.3) is 0 Å². The summed E-state index contributed by atoms with van der Waals surface area (Å²) >= 11 is 0. The summed E-state index contributed by atoms with van der Waals surface area (Å²) in [7, 11) is 1.98. The molecule has 3 heteroatoms. The molecule has 2 aromatic rings. The van der Waals surface area contributed by atoms with Crippen molar-refractivity contribution in [2.24, 2.45) is 7.05 Å². The molecule has 18 heavy (non-hydrogen) atoms. The van der Waals surface area contributed by atoms with E-state index in [0.717, 1.165) is 27.7 Å². The van der Waals surface area contributed by atoms with E-state index in [1.807, 2.05) is 32.2 Å². The molecule has 0 unspecified atom stereocenters. The minimum absolute atomic E-state index is 0.139. The highest BCUT2D eigenvalue weighted by Gasteiger charge is 2.13. The highest BCUT2D eigenvalue weighted by molar-refractivity contribution is 5.87. The number of aryl methyl sites for hydroxylation is 2. The Balaban J connectivity index is 2.59. The first-order valence-electron chi connectivity index (χ1n) is 5.81. The molecule has 1 N–H and O–H groups in total. The Hall–Kier alpha value is -2.21. The van der Waals surface area contributed by atoms with Crippen molar-refractivity contribution in [3.05, 3.63) is 35.0 Å². The van der Waals surface area contributed by atoms with E-state index in [2.05, 4.69) is 10.5 Å². The zero-order chi connectivity index (χ0) is 13.3. The molecular formula is C15H15NO2. The maximum atomic E-state index is 10.7. The van der Waals surface area contributed by atoms with Crippen molar-refractivity contribution < 1.29 is 9.90 Å². The van der Waals surface area contributed by atoms with Crippen LogP contribution in [0.2, 0.25) is 0 Å². The van der Waals surface area contributed by atoms with Crippen LogP contribution in [0.5, 0.6) is 0 Å². The molecule has 0 aliphatic carbocycles. The molecule has 0 bridgehead atoms. The van der Waals surface area contributed by atoms with Crippen molar-refractivity contribution in [3.8, 4) is 12.3 Å². The van der Waals surface area contributed by atoms with Gasteiger partial charge in [-0.3, -0.25) is 4.79 Å². The molecule has 0 saturated heterocycles. The topological polar surface area (TPSA) is 42.2 Å². The predicted octanol–water partition coefficient (Wildman–Crippen LogP) is 2.49. The molecule has 0 aliphatic rings. The third-order valence-electron chi connectivity index (χ3n) is 3.38. The number of fused-ring (bicyclic) bond motifs is 1.